The minimum absolute atomic E-state index is 0.0605. The van der Waals surface area contributed by atoms with E-state index in [9.17, 15) is 14.7 Å². The molecule has 0 bridgehead atoms. The SMILES string of the molecule is Cc1ccc(C(=O)N2CCCC(C)(C(=O)O)C2)c(C)c1. The summed E-state index contributed by atoms with van der Waals surface area (Å²) in [6.07, 6.45) is 1.36. The van der Waals surface area contributed by atoms with Gasteiger partial charge in [0.25, 0.3) is 5.91 Å². The zero-order valence-corrected chi connectivity index (χ0v) is 12.3. The Morgan fingerprint density at radius 2 is 2.00 bits per heavy atom. The van der Waals surface area contributed by atoms with Gasteiger partial charge in [0.2, 0.25) is 0 Å². The van der Waals surface area contributed by atoms with Crippen LogP contribution in [0, 0.1) is 19.3 Å². The van der Waals surface area contributed by atoms with Crippen molar-refractivity contribution >= 4 is 11.9 Å². The Labute approximate surface area is 119 Å². The van der Waals surface area contributed by atoms with Crippen molar-refractivity contribution in [2.45, 2.75) is 33.6 Å². The first-order valence-electron chi connectivity index (χ1n) is 6.93. The van der Waals surface area contributed by atoms with E-state index in [2.05, 4.69) is 0 Å². The first-order valence-corrected chi connectivity index (χ1v) is 6.93. The molecule has 0 spiro atoms. The Kier molecular flexibility index (Phi) is 3.84. The van der Waals surface area contributed by atoms with Crippen LogP contribution in [0.2, 0.25) is 0 Å². The molecule has 1 N–H and O–H groups in total. The van der Waals surface area contributed by atoms with Crippen molar-refractivity contribution in [1.82, 2.24) is 4.90 Å². The molecule has 108 valence electrons. The Morgan fingerprint density at radius 3 is 2.60 bits per heavy atom. The van der Waals surface area contributed by atoms with Crippen molar-refractivity contribution in [3.8, 4) is 0 Å². The lowest BCUT2D eigenvalue weighted by Crippen LogP contribution is -2.48. The minimum Gasteiger partial charge on any atom is -0.481 e. The van der Waals surface area contributed by atoms with E-state index in [4.69, 9.17) is 0 Å². The van der Waals surface area contributed by atoms with Crippen LogP contribution >= 0.6 is 0 Å². The van der Waals surface area contributed by atoms with E-state index in [1.807, 2.05) is 32.0 Å². The lowest BCUT2D eigenvalue weighted by atomic mass is 9.82. The highest BCUT2D eigenvalue weighted by atomic mass is 16.4. The number of aryl methyl sites for hydroxylation is 2. The quantitative estimate of drug-likeness (QED) is 0.902. The molecule has 1 fully saturated rings. The van der Waals surface area contributed by atoms with Gasteiger partial charge in [-0.2, -0.15) is 0 Å². The molecule has 4 nitrogen and oxygen atoms in total. The average molecular weight is 275 g/mol. The first kappa shape index (κ1) is 14.6. The van der Waals surface area contributed by atoms with Gasteiger partial charge in [0, 0.05) is 18.7 Å². The van der Waals surface area contributed by atoms with Crippen molar-refractivity contribution < 1.29 is 14.7 Å². The molecule has 4 heteroatoms. The van der Waals surface area contributed by atoms with E-state index in [-0.39, 0.29) is 12.5 Å². The van der Waals surface area contributed by atoms with Crippen molar-refractivity contribution in [2.75, 3.05) is 13.1 Å². The van der Waals surface area contributed by atoms with Gasteiger partial charge in [-0.3, -0.25) is 9.59 Å². The van der Waals surface area contributed by atoms with E-state index in [0.717, 1.165) is 17.5 Å². The smallest absolute Gasteiger partial charge is 0.311 e. The second-order valence-electron chi connectivity index (χ2n) is 6.01. The van der Waals surface area contributed by atoms with E-state index in [0.29, 0.717) is 18.5 Å². The highest BCUT2D eigenvalue weighted by Crippen LogP contribution is 2.30. The minimum atomic E-state index is -0.827. The number of nitrogens with zero attached hydrogens (tertiary/aromatic N) is 1. The summed E-state index contributed by atoms with van der Waals surface area (Å²) in [6.45, 7) is 6.55. The summed E-state index contributed by atoms with van der Waals surface area (Å²) in [5.74, 6) is -0.884. The van der Waals surface area contributed by atoms with Crippen LogP contribution in [0.25, 0.3) is 0 Å². The monoisotopic (exact) mass is 275 g/mol. The molecule has 1 aromatic carbocycles. The number of aliphatic carboxylic acids is 1. The molecular formula is C16H21NO3. The van der Waals surface area contributed by atoms with Crippen LogP contribution in [0.5, 0.6) is 0 Å². The van der Waals surface area contributed by atoms with Gasteiger partial charge in [-0.1, -0.05) is 17.7 Å². The zero-order valence-electron chi connectivity index (χ0n) is 12.3. The van der Waals surface area contributed by atoms with Gasteiger partial charge in [0.1, 0.15) is 0 Å². The standard InChI is InChI=1S/C16H21NO3/c1-11-5-6-13(12(2)9-11)14(18)17-8-4-7-16(3,10-17)15(19)20/h5-6,9H,4,7-8,10H2,1-3H3,(H,19,20). The first-order chi connectivity index (χ1) is 9.33. The number of likely N-dealkylation sites (tertiary alicyclic amines) is 1. The van der Waals surface area contributed by atoms with Gasteiger partial charge < -0.3 is 10.0 Å². The van der Waals surface area contributed by atoms with Crippen LogP contribution in [-0.2, 0) is 4.79 Å². The van der Waals surface area contributed by atoms with Crippen molar-refractivity contribution in [3.05, 3.63) is 34.9 Å². The molecule has 0 saturated carbocycles. The molecule has 20 heavy (non-hydrogen) atoms. The number of hydrogen-bond donors (Lipinski definition) is 1. The third-order valence-corrected chi connectivity index (χ3v) is 4.11. The molecule has 1 amide bonds. The van der Waals surface area contributed by atoms with Crippen LogP contribution in [0.4, 0.5) is 0 Å². The van der Waals surface area contributed by atoms with Crippen LogP contribution < -0.4 is 0 Å². The third kappa shape index (κ3) is 2.69. The highest BCUT2D eigenvalue weighted by molar-refractivity contribution is 5.96. The lowest BCUT2D eigenvalue weighted by molar-refractivity contribution is -0.150. The second kappa shape index (κ2) is 5.27. The number of carboxylic acids is 1. The summed E-state index contributed by atoms with van der Waals surface area (Å²) in [6, 6.07) is 5.73. The average Bonchev–Trinajstić information content (AvgIpc) is 2.38. The number of piperidine rings is 1. The molecule has 1 heterocycles. The molecule has 0 aromatic heterocycles. The van der Waals surface area contributed by atoms with E-state index < -0.39 is 11.4 Å². The lowest BCUT2D eigenvalue weighted by Gasteiger charge is -2.37. The van der Waals surface area contributed by atoms with E-state index in [1.165, 1.54) is 0 Å². The topological polar surface area (TPSA) is 57.6 Å². The third-order valence-electron chi connectivity index (χ3n) is 4.11. The fraction of sp³-hybridized carbons (Fsp3) is 0.500. The molecule has 1 aliphatic heterocycles. The van der Waals surface area contributed by atoms with Crippen molar-refractivity contribution in [2.24, 2.45) is 5.41 Å². The maximum Gasteiger partial charge on any atom is 0.311 e. The van der Waals surface area contributed by atoms with E-state index >= 15 is 0 Å². The summed E-state index contributed by atoms with van der Waals surface area (Å²) < 4.78 is 0. The number of carbonyl (C=O) groups is 2. The summed E-state index contributed by atoms with van der Waals surface area (Å²) in [5.41, 5.74) is 1.91. The maximum atomic E-state index is 12.6. The molecule has 0 aliphatic carbocycles. The number of hydrogen-bond acceptors (Lipinski definition) is 2. The normalized spacial score (nSPS) is 22.6. The fourth-order valence-corrected chi connectivity index (χ4v) is 2.81. The number of benzene rings is 1. The van der Waals surface area contributed by atoms with E-state index in [1.54, 1.807) is 11.8 Å². The number of carboxylic acid groups (broad SMARTS) is 1. The van der Waals surface area contributed by atoms with Gasteiger partial charge >= 0.3 is 5.97 Å². The summed E-state index contributed by atoms with van der Waals surface area (Å²) >= 11 is 0. The van der Waals surface area contributed by atoms with Gasteiger partial charge in [0.05, 0.1) is 5.41 Å². The molecule has 1 aliphatic rings. The maximum absolute atomic E-state index is 12.6. The summed E-state index contributed by atoms with van der Waals surface area (Å²) in [4.78, 5) is 25.6. The Morgan fingerprint density at radius 1 is 1.30 bits per heavy atom. The predicted octanol–water partition coefficient (Wildman–Crippen LogP) is 2.63. The summed E-state index contributed by atoms with van der Waals surface area (Å²) in [5, 5.41) is 9.32. The predicted molar refractivity (Wildman–Crippen MR) is 76.8 cm³/mol. The number of carbonyl (C=O) groups excluding carboxylic acids is 1. The Hall–Kier alpha value is -1.84. The Balaban J connectivity index is 2.23. The Bertz CT molecular complexity index is 553. The molecule has 1 atom stereocenters. The largest absolute Gasteiger partial charge is 0.481 e. The van der Waals surface area contributed by atoms with Crippen molar-refractivity contribution in [1.29, 1.82) is 0 Å². The van der Waals surface area contributed by atoms with Crippen LogP contribution in [0.15, 0.2) is 18.2 Å². The number of rotatable bonds is 2. The summed E-state index contributed by atoms with van der Waals surface area (Å²) in [7, 11) is 0. The molecule has 1 saturated heterocycles. The van der Waals surface area contributed by atoms with Crippen LogP contribution in [0.3, 0.4) is 0 Å². The van der Waals surface area contributed by atoms with Crippen LogP contribution in [0.1, 0.15) is 41.3 Å². The highest BCUT2D eigenvalue weighted by Gasteiger charge is 2.39. The van der Waals surface area contributed by atoms with Gasteiger partial charge in [0.15, 0.2) is 0 Å². The second-order valence-corrected chi connectivity index (χ2v) is 6.01. The van der Waals surface area contributed by atoms with Crippen LogP contribution in [-0.4, -0.2) is 35.0 Å². The van der Waals surface area contributed by atoms with Gasteiger partial charge in [-0.25, -0.2) is 0 Å². The van der Waals surface area contributed by atoms with Gasteiger partial charge in [-0.05, 0) is 45.2 Å². The molecule has 1 unspecified atom stereocenters. The molecule has 0 radical (unpaired) electrons. The molecule has 1 aromatic rings. The number of amides is 1. The zero-order chi connectivity index (χ0) is 14.9. The van der Waals surface area contributed by atoms with Gasteiger partial charge in [-0.15, -0.1) is 0 Å². The molecular weight excluding hydrogens is 254 g/mol. The molecule has 2 rings (SSSR count). The van der Waals surface area contributed by atoms with Crippen molar-refractivity contribution in [3.63, 3.8) is 0 Å². The fourth-order valence-electron chi connectivity index (χ4n) is 2.81.